The third-order valence-electron chi connectivity index (χ3n) is 4.17. The average molecular weight is 430 g/mol. The van der Waals surface area contributed by atoms with Crippen LogP contribution in [0.15, 0.2) is 60.7 Å². The van der Waals surface area contributed by atoms with E-state index in [0.29, 0.717) is 0 Å². The summed E-state index contributed by atoms with van der Waals surface area (Å²) >= 11 is -1.94. The van der Waals surface area contributed by atoms with Crippen molar-refractivity contribution in [2.75, 3.05) is 0 Å². The number of carbonyl (C=O) groups excluding carboxylic acids is 1. The molecule has 2 aromatic carbocycles. The fourth-order valence-electron chi connectivity index (χ4n) is 3.10. The molecule has 3 nitrogen and oxygen atoms in total. The van der Waals surface area contributed by atoms with Crippen LogP contribution in [-0.4, -0.2) is 37.6 Å². The maximum absolute atomic E-state index is 11.9. The molecule has 24 heavy (non-hydrogen) atoms. The Kier molecular flexibility index (Phi) is 5.61. The molecule has 3 rings (SSSR count). The summed E-state index contributed by atoms with van der Waals surface area (Å²) in [6, 6.07) is 21.7. The van der Waals surface area contributed by atoms with Crippen molar-refractivity contribution in [2.45, 2.75) is 43.0 Å². The van der Waals surface area contributed by atoms with Crippen molar-refractivity contribution in [2.24, 2.45) is 0 Å². The van der Waals surface area contributed by atoms with E-state index in [1.807, 2.05) is 0 Å². The molecular formula is C20H23O3Sn. The minimum atomic E-state index is -1.94. The SMILES string of the molecule is CC1(C)OC(=O)C(CC[CH2][Sn]([c]2ccccc2)[c]2ccccc2)O1. The molecule has 0 spiro atoms. The van der Waals surface area contributed by atoms with E-state index in [-0.39, 0.29) is 5.97 Å². The van der Waals surface area contributed by atoms with Gasteiger partial charge in [0.05, 0.1) is 0 Å². The van der Waals surface area contributed by atoms with Crippen molar-refractivity contribution in [1.82, 2.24) is 0 Å². The molecule has 1 fully saturated rings. The third-order valence-corrected chi connectivity index (χ3v) is 12.5. The van der Waals surface area contributed by atoms with Crippen LogP contribution in [-0.2, 0) is 14.3 Å². The molecule has 0 aromatic heterocycles. The Morgan fingerprint density at radius 1 is 0.958 bits per heavy atom. The first-order valence-electron chi connectivity index (χ1n) is 8.42. The average Bonchev–Trinajstić information content (AvgIpc) is 2.85. The molecule has 125 valence electrons. The topological polar surface area (TPSA) is 35.5 Å². The maximum atomic E-state index is 11.9. The van der Waals surface area contributed by atoms with Gasteiger partial charge in [-0.15, -0.1) is 0 Å². The van der Waals surface area contributed by atoms with Gasteiger partial charge in [0.15, 0.2) is 0 Å². The Hall–Kier alpha value is -1.33. The first-order valence-corrected chi connectivity index (χ1v) is 13.3. The molecule has 0 aliphatic carbocycles. The Morgan fingerprint density at radius 2 is 1.50 bits per heavy atom. The van der Waals surface area contributed by atoms with Crippen LogP contribution >= 0.6 is 0 Å². The number of cyclic esters (lactones) is 1. The Morgan fingerprint density at radius 3 is 1.96 bits per heavy atom. The van der Waals surface area contributed by atoms with Gasteiger partial charge >= 0.3 is 151 Å². The van der Waals surface area contributed by atoms with Gasteiger partial charge in [-0.1, -0.05) is 0 Å². The van der Waals surface area contributed by atoms with Crippen molar-refractivity contribution < 1.29 is 14.3 Å². The van der Waals surface area contributed by atoms with Gasteiger partial charge in [-0.25, -0.2) is 0 Å². The molecule has 0 bridgehead atoms. The molecule has 1 aliphatic rings. The summed E-state index contributed by atoms with van der Waals surface area (Å²) < 4.78 is 15.1. The Bertz CT molecular complexity index is 630. The zero-order valence-corrected chi connectivity index (χ0v) is 17.1. The van der Waals surface area contributed by atoms with Crippen molar-refractivity contribution in [1.29, 1.82) is 0 Å². The minimum absolute atomic E-state index is 0.218. The van der Waals surface area contributed by atoms with Crippen molar-refractivity contribution in [3.8, 4) is 0 Å². The van der Waals surface area contributed by atoms with Gasteiger partial charge in [0, 0.05) is 0 Å². The molecular weight excluding hydrogens is 407 g/mol. The first-order chi connectivity index (χ1) is 11.6. The standard InChI is InChI=1S/C8H13O3.2C6H5.Sn/c1-4-5-6-7(9)11-8(2,3)10-6;2*1-2-4-6-5-3-1;/h6H,1,4-5H2,2-3H3;2*1-5H;. The van der Waals surface area contributed by atoms with Crippen LogP contribution in [0.25, 0.3) is 0 Å². The van der Waals surface area contributed by atoms with Gasteiger partial charge < -0.3 is 0 Å². The molecule has 1 atom stereocenters. The number of hydrogen-bond acceptors (Lipinski definition) is 3. The van der Waals surface area contributed by atoms with Gasteiger partial charge in [-0.3, -0.25) is 0 Å². The fraction of sp³-hybridized carbons (Fsp3) is 0.350. The number of esters is 1. The zero-order valence-electron chi connectivity index (χ0n) is 14.2. The quantitative estimate of drug-likeness (QED) is 0.523. The van der Waals surface area contributed by atoms with E-state index in [1.165, 1.54) is 11.6 Å². The van der Waals surface area contributed by atoms with Crippen LogP contribution in [0.4, 0.5) is 0 Å². The molecule has 1 heterocycles. The summed E-state index contributed by atoms with van der Waals surface area (Å²) in [7, 11) is 0. The zero-order chi connectivity index (χ0) is 17.0. The number of hydrogen-bond donors (Lipinski definition) is 0. The van der Waals surface area contributed by atoms with E-state index in [4.69, 9.17) is 9.47 Å². The Labute approximate surface area is 150 Å². The predicted octanol–water partition coefficient (Wildman–Crippen LogP) is 2.75. The number of rotatable bonds is 6. The normalized spacial score (nSPS) is 19.5. The van der Waals surface area contributed by atoms with Crippen LogP contribution in [0.1, 0.15) is 26.7 Å². The van der Waals surface area contributed by atoms with Crippen LogP contribution in [0, 0.1) is 0 Å². The third kappa shape index (κ3) is 4.39. The van der Waals surface area contributed by atoms with E-state index in [1.54, 1.807) is 13.8 Å². The number of carbonyl (C=O) groups is 1. The summed E-state index contributed by atoms with van der Waals surface area (Å²) in [5.41, 5.74) is 0. The molecule has 1 radical (unpaired) electrons. The first kappa shape index (κ1) is 17.5. The van der Waals surface area contributed by atoms with E-state index in [9.17, 15) is 4.79 Å². The molecule has 0 N–H and O–H groups in total. The second-order valence-electron chi connectivity index (χ2n) is 6.53. The van der Waals surface area contributed by atoms with Crippen LogP contribution in [0.2, 0.25) is 4.44 Å². The molecule has 2 aromatic rings. The molecule has 1 unspecified atom stereocenters. The van der Waals surface area contributed by atoms with E-state index in [0.717, 1.165) is 12.8 Å². The summed E-state index contributed by atoms with van der Waals surface area (Å²) in [6.07, 6.45) is 1.33. The van der Waals surface area contributed by atoms with Gasteiger partial charge in [0.1, 0.15) is 0 Å². The van der Waals surface area contributed by atoms with Crippen molar-refractivity contribution in [3.63, 3.8) is 0 Å². The summed E-state index contributed by atoms with van der Waals surface area (Å²) in [4.78, 5) is 11.9. The second kappa shape index (κ2) is 7.70. The van der Waals surface area contributed by atoms with E-state index < -0.39 is 31.7 Å². The van der Waals surface area contributed by atoms with E-state index >= 15 is 0 Å². The predicted molar refractivity (Wildman–Crippen MR) is 97.0 cm³/mol. The van der Waals surface area contributed by atoms with Crippen molar-refractivity contribution >= 4 is 32.9 Å². The molecule has 0 amide bonds. The van der Waals surface area contributed by atoms with Crippen LogP contribution in [0.3, 0.4) is 0 Å². The summed E-state index contributed by atoms with van der Waals surface area (Å²) in [5.74, 6) is -0.994. The van der Waals surface area contributed by atoms with Gasteiger partial charge in [0.2, 0.25) is 0 Å². The van der Waals surface area contributed by atoms with Gasteiger partial charge in [-0.05, 0) is 0 Å². The summed E-state index contributed by atoms with van der Waals surface area (Å²) in [6.45, 7) is 3.58. The van der Waals surface area contributed by atoms with Gasteiger partial charge in [-0.2, -0.15) is 0 Å². The van der Waals surface area contributed by atoms with Crippen molar-refractivity contribution in [3.05, 3.63) is 60.7 Å². The van der Waals surface area contributed by atoms with Crippen LogP contribution < -0.4 is 7.16 Å². The fourth-order valence-corrected chi connectivity index (χ4v) is 10.7. The molecule has 1 aliphatic heterocycles. The second-order valence-corrected chi connectivity index (χ2v) is 14.0. The number of ether oxygens (including phenoxy) is 2. The van der Waals surface area contributed by atoms with Gasteiger partial charge in [0.25, 0.3) is 0 Å². The van der Waals surface area contributed by atoms with E-state index in [2.05, 4.69) is 60.7 Å². The van der Waals surface area contributed by atoms with Crippen LogP contribution in [0.5, 0.6) is 0 Å². The monoisotopic (exact) mass is 431 g/mol. The molecule has 4 heteroatoms. The number of benzene rings is 2. The molecule has 1 saturated heterocycles. The summed E-state index contributed by atoms with van der Waals surface area (Å²) in [5, 5.41) is 0. The molecule has 0 saturated carbocycles. The Balaban J connectivity index is 1.66.